The monoisotopic (exact) mass is 396 g/mol. The van der Waals surface area contributed by atoms with Gasteiger partial charge in [0.05, 0.1) is 32.7 Å². The molecular weight excluding hydrogens is 380 g/mol. The third-order valence-corrected chi connectivity index (χ3v) is 5.20. The lowest BCUT2D eigenvalue weighted by atomic mass is 10.1. The second-order valence-electron chi connectivity index (χ2n) is 6.99. The van der Waals surface area contributed by atoms with Crippen LogP contribution in [0.25, 0.3) is 33.2 Å². The first-order valence-corrected chi connectivity index (χ1v) is 9.39. The molecule has 3 aromatic carbocycles. The molecule has 2 heterocycles. The molecule has 0 bridgehead atoms. The number of nitrogens with zero attached hydrogens (tertiary/aromatic N) is 4. The zero-order valence-electron chi connectivity index (χ0n) is 16.0. The molecule has 0 fully saturated rings. The summed E-state index contributed by atoms with van der Waals surface area (Å²) in [5.74, 6) is 0. The number of aromatic nitrogens is 3. The van der Waals surface area contributed by atoms with Crippen molar-refractivity contribution in [1.82, 2.24) is 14.3 Å². The Labute approximate surface area is 170 Å². The summed E-state index contributed by atoms with van der Waals surface area (Å²) in [4.78, 5) is 24.1. The maximum absolute atomic E-state index is 13.6. The van der Waals surface area contributed by atoms with Crippen LogP contribution in [0, 0.1) is 17.0 Å². The van der Waals surface area contributed by atoms with Crippen molar-refractivity contribution in [2.75, 3.05) is 0 Å². The number of para-hydroxylation sites is 2. The Morgan fingerprint density at radius 3 is 2.23 bits per heavy atom. The first-order valence-electron chi connectivity index (χ1n) is 9.39. The van der Waals surface area contributed by atoms with Crippen LogP contribution in [0.1, 0.15) is 5.69 Å². The van der Waals surface area contributed by atoms with Crippen molar-refractivity contribution in [2.24, 2.45) is 0 Å². The highest BCUT2D eigenvalue weighted by atomic mass is 16.6. The number of nitro benzene ring substituents is 1. The van der Waals surface area contributed by atoms with Crippen molar-refractivity contribution in [3.63, 3.8) is 0 Å². The molecule has 0 aliphatic rings. The van der Waals surface area contributed by atoms with Gasteiger partial charge in [0.15, 0.2) is 0 Å². The fourth-order valence-electron chi connectivity index (χ4n) is 3.86. The molecule has 5 aromatic rings. The summed E-state index contributed by atoms with van der Waals surface area (Å²) in [6.07, 6.45) is 0. The molecule has 7 heteroatoms. The molecule has 7 nitrogen and oxygen atoms in total. The molecule has 0 saturated heterocycles. The van der Waals surface area contributed by atoms with E-state index in [-0.39, 0.29) is 11.2 Å². The van der Waals surface area contributed by atoms with Crippen molar-refractivity contribution >= 4 is 27.5 Å². The molecule has 0 saturated carbocycles. The Bertz CT molecular complexity index is 1480. The lowest BCUT2D eigenvalue weighted by Gasteiger charge is -2.13. The number of fused-ring (bicyclic) bond motifs is 3. The standard InChI is InChI=1S/C23H16N4O3/c1-15-21-22(26(24-15)17-11-13-18(14-12-17)27(29)30)19-9-5-6-10-20(19)25(23(21)28)16-7-3-2-4-8-16/h2-14H,1H3. The van der Waals surface area contributed by atoms with E-state index < -0.39 is 4.92 Å². The fraction of sp³-hybridized carbons (Fsp3) is 0.0435. The van der Waals surface area contributed by atoms with Crippen molar-refractivity contribution < 1.29 is 4.92 Å². The molecule has 0 spiro atoms. The van der Waals surface area contributed by atoms with E-state index in [0.29, 0.717) is 22.3 Å². The van der Waals surface area contributed by atoms with Gasteiger partial charge in [0, 0.05) is 23.2 Å². The van der Waals surface area contributed by atoms with E-state index in [9.17, 15) is 14.9 Å². The quantitative estimate of drug-likeness (QED) is 0.331. The zero-order valence-corrected chi connectivity index (χ0v) is 16.0. The minimum atomic E-state index is -0.440. The molecule has 2 aromatic heterocycles. The Balaban J connectivity index is 1.90. The second-order valence-corrected chi connectivity index (χ2v) is 6.99. The molecular formula is C23H16N4O3. The predicted molar refractivity (Wildman–Crippen MR) is 116 cm³/mol. The maximum atomic E-state index is 13.6. The van der Waals surface area contributed by atoms with Crippen LogP contribution in [-0.4, -0.2) is 19.3 Å². The van der Waals surface area contributed by atoms with Crippen LogP contribution < -0.4 is 5.56 Å². The Kier molecular flexibility index (Phi) is 3.96. The number of nitro groups is 1. The van der Waals surface area contributed by atoms with E-state index in [2.05, 4.69) is 5.10 Å². The van der Waals surface area contributed by atoms with Crippen LogP contribution in [0.4, 0.5) is 5.69 Å². The molecule has 0 radical (unpaired) electrons. The van der Waals surface area contributed by atoms with Crippen LogP contribution in [0.15, 0.2) is 83.7 Å². The highest BCUT2D eigenvalue weighted by molar-refractivity contribution is 6.05. The van der Waals surface area contributed by atoms with E-state index >= 15 is 0 Å². The molecule has 0 aliphatic carbocycles. The summed E-state index contributed by atoms with van der Waals surface area (Å²) in [6.45, 7) is 1.80. The number of hydrogen-bond donors (Lipinski definition) is 0. The highest BCUT2D eigenvalue weighted by Gasteiger charge is 2.20. The number of rotatable bonds is 3. The smallest absolute Gasteiger partial charge is 0.269 e. The lowest BCUT2D eigenvalue weighted by Crippen LogP contribution is -2.19. The van der Waals surface area contributed by atoms with Crippen LogP contribution in [-0.2, 0) is 0 Å². The molecule has 0 aliphatic heterocycles. The minimum Gasteiger partial charge on any atom is -0.276 e. The van der Waals surface area contributed by atoms with Crippen LogP contribution in [0.2, 0.25) is 0 Å². The predicted octanol–water partition coefficient (Wildman–Crippen LogP) is 4.55. The Morgan fingerprint density at radius 1 is 0.867 bits per heavy atom. The number of pyridine rings is 1. The lowest BCUT2D eigenvalue weighted by molar-refractivity contribution is -0.384. The van der Waals surface area contributed by atoms with E-state index in [0.717, 1.165) is 16.6 Å². The molecule has 146 valence electrons. The number of benzene rings is 3. The molecule has 0 amide bonds. The van der Waals surface area contributed by atoms with Crippen LogP contribution in [0.5, 0.6) is 0 Å². The van der Waals surface area contributed by atoms with Crippen LogP contribution >= 0.6 is 0 Å². The largest absolute Gasteiger partial charge is 0.276 e. The van der Waals surface area contributed by atoms with Gasteiger partial charge in [-0.1, -0.05) is 36.4 Å². The topological polar surface area (TPSA) is 83.0 Å². The summed E-state index contributed by atoms with van der Waals surface area (Å²) < 4.78 is 3.39. The van der Waals surface area contributed by atoms with Crippen molar-refractivity contribution in [1.29, 1.82) is 0 Å². The van der Waals surface area contributed by atoms with E-state index in [4.69, 9.17) is 0 Å². The summed E-state index contributed by atoms with van der Waals surface area (Å²) in [5.41, 5.74) is 3.34. The van der Waals surface area contributed by atoms with Gasteiger partial charge in [-0.2, -0.15) is 5.10 Å². The highest BCUT2D eigenvalue weighted by Crippen LogP contribution is 2.29. The maximum Gasteiger partial charge on any atom is 0.269 e. The first kappa shape index (κ1) is 17.8. The molecule has 0 atom stereocenters. The zero-order chi connectivity index (χ0) is 20.8. The van der Waals surface area contributed by atoms with E-state index in [1.54, 1.807) is 28.3 Å². The molecule has 0 unspecified atom stereocenters. The van der Waals surface area contributed by atoms with Gasteiger partial charge in [0.25, 0.3) is 11.2 Å². The second kappa shape index (κ2) is 6.66. The average Bonchev–Trinajstić information content (AvgIpc) is 3.12. The fourth-order valence-corrected chi connectivity index (χ4v) is 3.86. The van der Waals surface area contributed by atoms with Crippen molar-refractivity contribution in [2.45, 2.75) is 6.92 Å². The first-order chi connectivity index (χ1) is 14.6. The van der Waals surface area contributed by atoms with Gasteiger partial charge in [0.2, 0.25) is 0 Å². The third-order valence-electron chi connectivity index (χ3n) is 5.20. The normalized spacial score (nSPS) is 11.2. The van der Waals surface area contributed by atoms with Crippen molar-refractivity contribution in [3.05, 3.63) is 105 Å². The third kappa shape index (κ3) is 2.60. The number of aryl methyl sites for hydroxylation is 1. The van der Waals surface area contributed by atoms with Gasteiger partial charge in [-0.3, -0.25) is 19.5 Å². The van der Waals surface area contributed by atoms with Gasteiger partial charge in [-0.15, -0.1) is 0 Å². The summed E-state index contributed by atoms with van der Waals surface area (Å²) in [7, 11) is 0. The Hall–Kier alpha value is -4.26. The SMILES string of the molecule is Cc1nn(-c2ccc([N+](=O)[O-])cc2)c2c1c(=O)n(-c1ccccc1)c1ccccc21. The van der Waals surface area contributed by atoms with E-state index in [1.807, 2.05) is 54.6 Å². The Morgan fingerprint density at radius 2 is 1.53 bits per heavy atom. The van der Waals surface area contributed by atoms with Gasteiger partial charge >= 0.3 is 0 Å². The summed E-state index contributed by atoms with van der Waals surface area (Å²) in [6, 6.07) is 23.3. The number of non-ortho nitro benzene ring substituents is 1. The van der Waals surface area contributed by atoms with Gasteiger partial charge in [-0.05, 0) is 37.3 Å². The average molecular weight is 396 g/mol. The van der Waals surface area contributed by atoms with Gasteiger partial charge < -0.3 is 0 Å². The van der Waals surface area contributed by atoms with Gasteiger partial charge in [0.1, 0.15) is 0 Å². The summed E-state index contributed by atoms with van der Waals surface area (Å²) in [5, 5.41) is 17.0. The van der Waals surface area contributed by atoms with E-state index in [1.165, 1.54) is 12.1 Å². The molecule has 5 rings (SSSR count). The molecule has 0 N–H and O–H groups in total. The molecule has 30 heavy (non-hydrogen) atoms. The summed E-state index contributed by atoms with van der Waals surface area (Å²) >= 11 is 0. The minimum absolute atomic E-state index is 0.00299. The van der Waals surface area contributed by atoms with Gasteiger partial charge in [-0.25, -0.2) is 4.68 Å². The van der Waals surface area contributed by atoms with Crippen molar-refractivity contribution in [3.8, 4) is 11.4 Å². The number of hydrogen-bond acceptors (Lipinski definition) is 4. The van der Waals surface area contributed by atoms with Crippen LogP contribution in [0.3, 0.4) is 0 Å².